The number of esters is 1. The quantitative estimate of drug-likeness (QED) is 0.826. The van der Waals surface area contributed by atoms with E-state index in [2.05, 4.69) is 17.5 Å². The van der Waals surface area contributed by atoms with Crippen LogP contribution in [0.15, 0.2) is 48.5 Å². The normalized spacial score (nSPS) is 22.7. The lowest BCUT2D eigenvalue weighted by molar-refractivity contribution is -0.143. The molecule has 0 spiro atoms. The number of rotatable bonds is 4. The van der Waals surface area contributed by atoms with Crippen LogP contribution in [-0.4, -0.2) is 26.2 Å². The lowest BCUT2D eigenvalue weighted by Gasteiger charge is -2.28. The molecule has 1 N–H and O–H groups in total. The third kappa shape index (κ3) is 2.98. The van der Waals surface area contributed by atoms with Crippen LogP contribution in [0.1, 0.15) is 28.7 Å². The van der Waals surface area contributed by atoms with Gasteiger partial charge in [0, 0.05) is 11.5 Å². The van der Waals surface area contributed by atoms with Crippen LogP contribution in [0.2, 0.25) is 0 Å². The molecular formula is C22H21N3O3. The summed E-state index contributed by atoms with van der Waals surface area (Å²) in [4.78, 5) is 12.6. The minimum absolute atomic E-state index is 0.516. The smallest absolute Gasteiger partial charge is 0.323 e. The maximum Gasteiger partial charge on any atom is 0.323 e. The van der Waals surface area contributed by atoms with E-state index in [1.165, 1.54) is 14.2 Å². The van der Waals surface area contributed by atoms with Crippen LogP contribution >= 0.6 is 0 Å². The van der Waals surface area contributed by atoms with Crippen LogP contribution in [0.4, 0.5) is 0 Å². The summed E-state index contributed by atoms with van der Waals surface area (Å²) in [5, 5.41) is 23.5. The molecule has 0 aliphatic carbocycles. The predicted octanol–water partition coefficient (Wildman–Crippen LogP) is 3.01. The molecular weight excluding hydrogens is 354 g/mol. The van der Waals surface area contributed by atoms with Crippen molar-refractivity contribution in [2.45, 2.75) is 24.9 Å². The Kier molecular flexibility index (Phi) is 5.35. The molecule has 0 saturated carbocycles. The van der Waals surface area contributed by atoms with Gasteiger partial charge in [0.05, 0.1) is 32.4 Å². The van der Waals surface area contributed by atoms with Crippen molar-refractivity contribution < 1.29 is 14.3 Å². The van der Waals surface area contributed by atoms with Gasteiger partial charge in [-0.25, -0.2) is 0 Å². The number of carbonyl (C=O) groups is 1. The predicted molar refractivity (Wildman–Crippen MR) is 102 cm³/mol. The van der Waals surface area contributed by atoms with E-state index in [4.69, 9.17) is 9.47 Å². The highest BCUT2D eigenvalue weighted by Gasteiger charge is 2.60. The first kappa shape index (κ1) is 19.4. The highest BCUT2D eigenvalue weighted by atomic mass is 16.5. The van der Waals surface area contributed by atoms with E-state index in [0.717, 1.165) is 11.1 Å². The van der Waals surface area contributed by atoms with Gasteiger partial charge in [-0.15, -0.1) is 0 Å². The van der Waals surface area contributed by atoms with Gasteiger partial charge in [0.2, 0.25) is 0 Å². The van der Waals surface area contributed by atoms with Crippen molar-refractivity contribution in [2.75, 3.05) is 14.2 Å². The van der Waals surface area contributed by atoms with Crippen LogP contribution in [0.5, 0.6) is 5.75 Å². The summed E-state index contributed by atoms with van der Waals surface area (Å²) >= 11 is 0. The Morgan fingerprint density at radius 2 is 1.71 bits per heavy atom. The summed E-state index contributed by atoms with van der Waals surface area (Å²) in [5.74, 6) is -0.675. The van der Waals surface area contributed by atoms with E-state index in [1.807, 2.05) is 43.3 Å². The van der Waals surface area contributed by atoms with E-state index >= 15 is 0 Å². The highest BCUT2D eigenvalue weighted by molar-refractivity contribution is 5.79. The van der Waals surface area contributed by atoms with Crippen molar-refractivity contribution in [3.05, 3.63) is 65.2 Å². The number of para-hydroxylation sites is 1. The molecule has 142 valence electrons. The van der Waals surface area contributed by atoms with Gasteiger partial charge in [0.1, 0.15) is 11.8 Å². The Morgan fingerprint density at radius 1 is 1.07 bits per heavy atom. The molecule has 0 amide bonds. The number of hydrogen-bond donors (Lipinski definition) is 1. The van der Waals surface area contributed by atoms with Gasteiger partial charge in [-0.1, -0.05) is 48.0 Å². The SMILES string of the molecule is COC(=O)[C@@H]1N[C@@H](c2ccccc2OC)C(C#N)(C#N)[C@H]1c1ccc(C)cc1. The van der Waals surface area contributed by atoms with Crippen LogP contribution in [0.25, 0.3) is 0 Å². The number of nitriles is 2. The summed E-state index contributed by atoms with van der Waals surface area (Å²) < 4.78 is 10.4. The molecule has 1 heterocycles. The lowest BCUT2D eigenvalue weighted by Crippen LogP contribution is -2.37. The summed E-state index contributed by atoms with van der Waals surface area (Å²) in [7, 11) is 2.83. The summed E-state index contributed by atoms with van der Waals surface area (Å²) in [6.45, 7) is 1.95. The number of methoxy groups -OCH3 is 2. The number of carbonyl (C=O) groups excluding carboxylic acids is 1. The van der Waals surface area contributed by atoms with Crippen molar-refractivity contribution in [3.8, 4) is 17.9 Å². The molecule has 2 aromatic rings. The average molecular weight is 375 g/mol. The zero-order chi connectivity index (χ0) is 20.3. The highest BCUT2D eigenvalue weighted by Crippen LogP contribution is 2.53. The molecule has 0 radical (unpaired) electrons. The van der Waals surface area contributed by atoms with Gasteiger partial charge in [-0.3, -0.25) is 10.1 Å². The zero-order valence-electron chi connectivity index (χ0n) is 16.0. The Labute approximate surface area is 164 Å². The maximum absolute atomic E-state index is 12.6. The maximum atomic E-state index is 12.6. The topological polar surface area (TPSA) is 95.1 Å². The molecule has 3 rings (SSSR count). The fraction of sp³-hybridized carbons (Fsp3) is 0.318. The van der Waals surface area contributed by atoms with E-state index in [1.54, 1.807) is 12.1 Å². The first-order valence-electron chi connectivity index (χ1n) is 8.88. The number of aryl methyl sites for hydroxylation is 1. The van der Waals surface area contributed by atoms with Gasteiger partial charge >= 0.3 is 5.97 Å². The van der Waals surface area contributed by atoms with Crippen molar-refractivity contribution in [2.24, 2.45) is 5.41 Å². The molecule has 1 saturated heterocycles. The minimum Gasteiger partial charge on any atom is -0.496 e. The van der Waals surface area contributed by atoms with Crippen molar-refractivity contribution in [3.63, 3.8) is 0 Å². The molecule has 28 heavy (non-hydrogen) atoms. The molecule has 1 fully saturated rings. The molecule has 1 aliphatic heterocycles. The van der Waals surface area contributed by atoms with Gasteiger partial charge in [0.15, 0.2) is 5.41 Å². The molecule has 0 bridgehead atoms. The fourth-order valence-corrected chi connectivity index (χ4v) is 3.94. The van der Waals surface area contributed by atoms with Crippen molar-refractivity contribution in [1.82, 2.24) is 5.32 Å². The second kappa shape index (κ2) is 7.72. The van der Waals surface area contributed by atoms with Crippen molar-refractivity contribution in [1.29, 1.82) is 10.5 Å². The van der Waals surface area contributed by atoms with Crippen LogP contribution < -0.4 is 10.1 Å². The Morgan fingerprint density at radius 3 is 2.29 bits per heavy atom. The molecule has 0 aromatic heterocycles. The van der Waals surface area contributed by atoms with Crippen LogP contribution in [-0.2, 0) is 9.53 Å². The Balaban J connectivity index is 2.23. The van der Waals surface area contributed by atoms with Gasteiger partial charge in [-0.05, 0) is 18.6 Å². The van der Waals surface area contributed by atoms with E-state index in [0.29, 0.717) is 11.3 Å². The van der Waals surface area contributed by atoms with Gasteiger partial charge in [-0.2, -0.15) is 10.5 Å². The first-order chi connectivity index (χ1) is 13.5. The Hall–Kier alpha value is -3.35. The monoisotopic (exact) mass is 375 g/mol. The summed E-state index contributed by atoms with van der Waals surface area (Å²) in [6.07, 6.45) is 0. The number of hydrogen-bond acceptors (Lipinski definition) is 6. The average Bonchev–Trinajstić information content (AvgIpc) is 3.09. The third-order valence-corrected chi connectivity index (χ3v) is 5.34. The van der Waals surface area contributed by atoms with Crippen molar-refractivity contribution >= 4 is 5.97 Å². The molecule has 0 unspecified atom stereocenters. The second-order valence-electron chi connectivity index (χ2n) is 6.82. The molecule has 6 heteroatoms. The number of benzene rings is 2. The van der Waals surface area contributed by atoms with Crippen LogP contribution in [0, 0.1) is 35.0 Å². The zero-order valence-corrected chi connectivity index (χ0v) is 16.0. The first-order valence-corrected chi connectivity index (χ1v) is 8.88. The summed E-state index contributed by atoms with van der Waals surface area (Å²) in [6, 6.07) is 17.5. The fourth-order valence-electron chi connectivity index (χ4n) is 3.94. The van der Waals surface area contributed by atoms with Gasteiger partial charge < -0.3 is 9.47 Å². The molecule has 6 nitrogen and oxygen atoms in total. The lowest BCUT2D eigenvalue weighted by atomic mass is 9.68. The Bertz CT molecular complexity index is 942. The minimum atomic E-state index is -1.53. The number of ether oxygens (including phenoxy) is 2. The molecule has 1 aliphatic rings. The van der Waals surface area contributed by atoms with Crippen LogP contribution in [0.3, 0.4) is 0 Å². The number of nitrogens with zero attached hydrogens (tertiary/aromatic N) is 2. The van der Waals surface area contributed by atoms with E-state index in [-0.39, 0.29) is 0 Å². The summed E-state index contributed by atoms with van der Waals surface area (Å²) in [5.41, 5.74) is 0.902. The van der Waals surface area contributed by atoms with E-state index in [9.17, 15) is 15.3 Å². The number of nitrogens with one attached hydrogen (secondary N) is 1. The third-order valence-electron chi connectivity index (χ3n) is 5.34. The standard InChI is InChI=1S/C22H21N3O3/c1-14-8-10-15(11-9-14)18-19(21(26)28-3)25-20(22(18,12-23)13-24)16-6-4-5-7-17(16)27-2/h4-11,18-20,25H,1-3H3/t18-,19+,20-/m0/s1. The largest absolute Gasteiger partial charge is 0.496 e. The van der Waals surface area contributed by atoms with Gasteiger partial charge in [0.25, 0.3) is 0 Å². The molecule has 2 aromatic carbocycles. The second-order valence-corrected chi connectivity index (χ2v) is 6.82. The van der Waals surface area contributed by atoms with E-state index < -0.39 is 29.4 Å². The molecule has 3 atom stereocenters.